The molecule has 0 rings (SSSR count). The van der Waals surface area contributed by atoms with Gasteiger partial charge in [0.1, 0.15) is 17.9 Å². The van der Waals surface area contributed by atoms with E-state index in [1.54, 1.807) is 0 Å². The molecule has 0 amide bonds. The quantitative estimate of drug-likeness (QED) is 0.1000. The van der Waals surface area contributed by atoms with Gasteiger partial charge >= 0.3 is 11.9 Å². The maximum Gasteiger partial charge on any atom is 0.322 e. The lowest BCUT2D eigenvalue weighted by Gasteiger charge is -2.19. The highest BCUT2D eigenvalue weighted by Gasteiger charge is 2.31. The van der Waals surface area contributed by atoms with Crippen molar-refractivity contribution in [2.45, 2.75) is 127 Å². The van der Waals surface area contributed by atoms with Crippen molar-refractivity contribution in [3.8, 4) is 0 Å². The Balaban J connectivity index is 3.84. The molecule has 0 aliphatic rings. The van der Waals surface area contributed by atoms with Crippen molar-refractivity contribution in [1.29, 1.82) is 0 Å². The van der Waals surface area contributed by atoms with E-state index >= 15 is 0 Å². The van der Waals surface area contributed by atoms with Gasteiger partial charge in [-0.1, -0.05) is 118 Å². The molecule has 0 aromatic carbocycles. The van der Waals surface area contributed by atoms with Crippen LogP contribution in [0, 0.1) is 0 Å². The molecule has 0 heterocycles. The Bertz CT molecular complexity index is 537. The summed E-state index contributed by atoms with van der Waals surface area (Å²) in [6, 6.07) is -2.37. The number of unbranched alkanes of at least 4 members (excludes halogenated alkanes) is 14. The Morgan fingerprint density at radius 1 is 0.697 bits per heavy atom. The summed E-state index contributed by atoms with van der Waals surface area (Å²) in [6.07, 6.45) is 18.9. The third-order valence-corrected chi connectivity index (χ3v) is 8.53. The van der Waals surface area contributed by atoms with Gasteiger partial charge in [-0.2, -0.15) is 0 Å². The van der Waals surface area contributed by atoms with Crippen LogP contribution in [0.25, 0.3) is 0 Å². The first-order valence-electron chi connectivity index (χ1n) is 12.6. The molecule has 0 saturated heterocycles. The van der Waals surface area contributed by atoms with Crippen LogP contribution in [0.4, 0.5) is 0 Å². The molecule has 1 unspecified atom stereocenters. The van der Waals surface area contributed by atoms with Gasteiger partial charge in [-0.15, -0.1) is 0 Å². The van der Waals surface area contributed by atoms with Crippen LogP contribution in [-0.4, -0.2) is 51.0 Å². The number of carbonyl (C=O) groups excluding carboxylic acids is 1. The van der Waals surface area contributed by atoms with Gasteiger partial charge in [0.2, 0.25) is 0 Å². The van der Waals surface area contributed by atoms with Crippen LogP contribution >= 0.6 is 21.6 Å². The van der Waals surface area contributed by atoms with Crippen molar-refractivity contribution in [3.63, 3.8) is 0 Å². The van der Waals surface area contributed by atoms with E-state index in [4.69, 9.17) is 16.6 Å². The highest BCUT2D eigenvalue weighted by atomic mass is 33.1. The van der Waals surface area contributed by atoms with E-state index in [-0.39, 0.29) is 11.5 Å². The van der Waals surface area contributed by atoms with Gasteiger partial charge in [-0.3, -0.25) is 14.4 Å². The van der Waals surface area contributed by atoms with Crippen LogP contribution in [-0.2, 0) is 14.4 Å². The number of ketones is 1. The first-order valence-corrected chi connectivity index (χ1v) is 15.0. The average molecular weight is 507 g/mol. The minimum Gasteiger partial charge on any atom is -0.480 e. The molecule has 0 fully saturated rings. The number of carbonyl (C=O) groups is 3. The SMILES string of the molecule is CCCCCCCCCCCCCCCCCC(=O)C(SSC[C@H](N)C(=O)O)[C@H](N)C(=O)O. The van der Waals surface area contributed by atoms with Gasteiger partial charge in [-0.05, 0) is 6.42 Å². The highest BCUT2D eigenvalue weighted by molar-refractivity contribution is 8.77. The molecule has 0 aromatic rings. The van der Waals surface area contributed by atoms with Gasteiger partial charge in [0.05, 0.1) is 5.25 Å². The second-order valence-electron chi connectivity index (χ2n) is 8.78. The molecule has 0 saturated carbocycles. The van der Waals surface area contributed by atoms with Gasteiger partial charge in [0, 0.05) is 12.2 Å². The van der Waals surface area contributed by atoms with Crippen LogP contribution in [0.3, 0.4) is 0 Å². The number of carboxylic acids is 2. The van der Waals surface area contributed by atoms with Crippen molar-refractivity contribution < 1.29 is 24.6 Å². The number of hydrogen-bond acceptors (Lipinski definition) is 7. The minimum absolute atomic E-state index is 0.0785. The zero-order chi connectivity index (χ0) is 24.9. The Labute approximate surface area is 208 Å². The molecule has 3 atom stereocenters. The molecular weight excluding hydrogens is 460 g/mol. The summed E-state index contributed by atoms with van der Waals surface area (Å²) in [5.41, 5.74) is 11.1. The van der Waals surface area contributed by atoms with Crippen molar-refractivity contribution in [3.05, 3.63) is 0 Å². The molecule has 33 heavy (non-hydrogen) atoms. The lowest BCUT2D eigenvalue weighted by Crippen LogP contribution is -2.44. The van der Waals surface area contributed by atoms with Gasteiger partial charge in [-0.25, -0.2) is 0 Å². The third kappa shape index (κ3) is 18.3. The Morgan fingerprint density at radius 3 is 1.52 bits per heavy atom. The highest BCUT2D eigenvalue weighted by Crippen LogP contribution is 2.31. The smallest absolute Gasteiger partial charge is 0.322 e. The molecule has 0 aliphatic heterocycles. The van der Waals surface area contributed by atoms with Gasteiger partial charge in [0.15, 0.2) is 0 Å². The van der Waals surface area contributed by atoms with E-state index in [1.807, 2.05) is 0 Å². The predicted molar refractivity (Wildman–Crippen MR) is 140 cm³/mol. The molecule has 7 nitrogen and oxygen atoms in total. The summed E-state index contributed by atoms with van der Waals surface area (Å²) in [4.78, 5) is 34.5. The lowest BCUT2D eigenvalue weighted by molar-refractivity contribution is -0.140. The van der Waals surface area contributed by atoms with Crippen LogP contribution < -0.4 is 11.5 Å². The Kier molecular flexibility index (Phi) is 21.2. The molecule has 0 bridgehead atoms. The van der Waals surface area contributed by atoms with E-state index in [0.29, 0.717) is 6.42 Å². The molecule has 0 aliphatic carbocycles. The Hall–Kier alpha value is -0.770. The monoisotopic (exact) mass is 506 g/mol. The maximum atomic E-state index is 12.5. The lowest BCUT2D eigenvalue weighted by atomic mass is 10.0. The summed E-state index contributed by atoms with van der Waals surface area (Å²) < 4.78 is 0. The normalized spacial score (nSPS) is 14.0. The fraction of sp³-hybridized carbons (Fsp3) is 0.875. The second-order valence-corrected chi connectivity index (χ2v) is 11.3. The molecule has 9 heteroatoms. The summed E-state index contributed by atoms with van der Waals surface area (Å²) in [5.74, 6) is -2.48. The number of carboxylic acid groups (broad SMARTS) is 2. The molecule has 194 valence electrons. The summed E-state index contributed by atoms with van der Waals surface area (Å²) in [7, 11) is 2.10. The molecule has 6 N–H and O–H groups in total. The molecular formula is C24H46N2O5S2. The molecule has 0 radical (unpaired) electrons. The van der Waals surface area contributed by atoms with E-state index in [1.165, 1.54) is 77.0 Å². The van der Waals surface area contributed by atoms with Gasteiger partial charge in [0.25, 0.3) is 0 Å². The van der Waals surface area contributed by atoms with E-state index in [9.17, 15) is 19.5 Å². The predicted octanol–water partition coefficient (Wildman–Crippen LogP) is 5.39. The standard InChI is InChI=1S/C24H46N2O5S2/c1-2-3-4-5-6-7-8-9-10-11-12-13-14-15-16-17-20(27)22(21(26)24(30)31)33-32-18-19(25)23(28)29/h19,21-22H,2-18,25-26H2,1H3,(H,28,29)(H,30,31)/t19-,21-,22?/m0/s1. The molecule has 0 spiro atoms. The number of hydrogen-bond donors (Lipinski definition) is 4. The fourth-order valence-corrected chi connectivity index (χ4v) is 6.29. The van der Waals surface area contributed by atoms with Crippen molar-refractivity contribution in [1.82, 2.24) is 0 Å². The third-order valence-electron chi connectivity index (χ3n) is 5.69. The van der Waals surface area contributed by atoms with Crippen LogP contribution in [0.2, 0.25) is 0 Å². The van der Waals surface area contributed by atoms with E-state index in [0.717, 1.165) is 40.9 Å². The maximum absolute atomic E-state index is 12.5. The van der Waals surface area contributed by atoms with E-state index < -0.39 is 29.3 Å². The van der Waals surface area contributed by atoms with Crippen molar-refractivity contribution in [2.75, 3.05) is 5.75 Å². The van der Waals surface area contributed by atoms with Crippen LogP contribution in [0.5, 0.6) is 0 Å². The average Bonchev–Trinajstić information content (AvgIpc) is 2.78. The zero-order valence-electron chi connectivity index (χ0n) is 20.3. The fourth-order valence-electron chi connectivity index (χ4n) is 3.51. The minimum atomic E-state index is -1.31. The van der Waals surface area contributed by atoms with Crippen LogP contribution in [0.1, 0.15) is 110 Å². The zero-order valence-corrected chi connectivity index (χ0v) is 22.0. The first kappa shape index (κ1) is 32.2. The largest absolute Gasteiger partial charge is 0.480 e. The molecule has 0 aromatic heterocycles. The van der Waals surface area contributed by atoms with E-state index in [2.05, 4.69) is 6.92 Å². The summed E-state index contributed by atoms with van der Waals surface area (Å²) in [6.45, 7) is 2.25. The van der Waals surface area contributed by atoms with Crippen LogP contribution in [0.15, 0.2) is 0 Å². The number of Topliss-reactive ketones (excluding diaryl/α,β-unsaturated/α-hetero) is 1. The van der Waals surface area contributed by atoms with Crippen molar-refractivity contribution in [2.24, 2.45) is 11.5 Å². The van der Waals surface area contributed by atoms with Crippen molar-refractivity contribution >= 4 is 39.3 Å². The Morgan fingerprint density at radius 2 is 1.12 bits per heavy atom. The summed E-state index contributed by atoms with van der Waals surface area (Å²) >= 11 is 0. The first-order chi connectivity index (χ1) is 15.8. The number of rotatable bonds is 24. The summed E-state index contributed by atoms with van der Waals surface area (Å²) in [5, 5.41) is 17.1. The topological polar surface area (TPSA) is 144 Å². The number of nitrogens with two attached hydrogens (primary N) is 2. The van der Waals surface area contributed by atoms with Gasteiger partial charge < -0.3 is 21.7 Å². The second kappa shape index (κ2) is 21.7. The number of aliphatic carboxylic acids is 2.